The van der Waals surface area contributed by atoms with Gasteiger partial charge in [0.2, 0.25) is 0 Å². The molecule has 604 valence electrons. The van der Waals surface area contributed by atoms with Gasteiger partial charge in [0.15, 0.2) is 0 Å². The Morgan fingerprint density at radius 1 is 0.147 bits per heavy atom. The minimum absolute atomic E-state index is 0.850. The van der Waals surface area contributed by atoms with Crippen LogP contribution in [-0.2, 0) is 5.41 Å². The Labute approximate surface area is 753 Å². The number of aryl methyl sites for hydroxylation is 1. The minimum atomic E-state index is -1.05. The lowest BCUT2D eigenvalue weighted by molar-refractivity contribution is 0.668. The molecule has 1 aromatic heterocycles. The van der Waals surface area contributed by atoms with Crippen LogP contribution < -0.4 is 0 Å². The molecule has 1 heteroatoms. The molecular formula is C128H86O. The zero-order chi connectivity index (χ0) is 85.7. The van der Waals surface area contributed by atoms with E-state index in [0.29, 0.717) is 0 Å². The van der Waals surface area contributed by atoms with E-state index in [0.717, 1.165) is 167 Å². The first-order valence-corrected chi connectivity index (χ1v) is 44.6. The van der Waals surface area contributed by atoms with Gasteiger partial charge in [-0.2, -0.15) is 0 Å². The molecule has 0 N–H and O–H groups in total. The highest BCUT2D eigenvalue weighted by atomic mass is 16.3. The van der Waals surface area contributed by atoms with E-state index >= 15 is 0 Å². The average molecular weight is 1640 g/mol. The summed E-state index contributed by atoms with van der Waals surface area (Å²) in [4.78, 5) is 0. The molecule has 0 fully saturated rings. The van der Waals surface area contributed by atoms with Crippen LogP contribution in [-0.4, -0.2) is 0 Å². The summed E-state index contributed by atoms with van der Waals surface area (Å²) in [6.07, 6.45) is 0. The molecule has 0 amide bonds. The number of furan rings is 1. The van der Waals surface area contributed by atoms with Gasteiger partial charge in [0.25, 0.3) is 0 Å². The van der Waals surface area contributed by atoms with Gasteiger partial charge in [-0.25, -0.2) is 0 Å². The highest BCUT2D eigenvalue weighted by Gasteiger charge is 2.49. The molecule has 21 aromatic carbocycles. The van der Waals surface area contributed by atoms with Crippen molar-refractivity contribution in [2.24, 2.45) is 0 Å². The smallest absolute Gasteiger partial charge is 0.136 e. The second-order valence-electron chi connectivity index (χ2n) is 34.3. The van der Waals surface area contributed by atoms with Gasteiger partial charge in [-0.15, -0.1) is 0 Å². The van der Waals surface area contributed by atoms with Crippen LogP contribution in [0.3, 0.4) is 0 Å². The largest absolute Gasteiger partial charge is 0.456 e. The summed E-state index contributed by atoms with van der Waals surface area (Å²) < 4.78 is 7.07. The van der Waals surface area contributed by atoms with Crippen molar-refractivity contribution < 1.29 is 4.42 Å². The average Bonchev–Trinajstić information content (AvgIpc) is 1.51. The number of para-hydroxylation sites is 1. The number of benzene rings is 21. The molecule has 0 aliphatic heterocycles. The first-order chi connectivity index (χ1) is 63.8. The Morgan fingerprint density at radius 2 is 0.349 bits per heavy atom. The normalized spacial score (nSPS) is 12.0. The van der Waals surface area contributed by atoms with Gasteiger partial charge in [-0.05, 0) is 369 Å². The maximum absolute atomic E-state index is 7.07. The molecule has 22 aromatic rings. The van der Waals surface area contributed by atoms with Crippen LogP contribution in [0.1, 0.15) is 27.8 Å². The molecular weight excluding hydrogens is 1550 g/mol. The maximum Gasteiger partial charge on any atom is 0.136 e. The summed E-state index contributed by atoms with van der Waals surface area (Å²) >= 11 is 0. The maximum atomic E-state index is 7.07. The fourth-order valence-corrected chi connectivity index (χ4v) is 20.1. The quantitative estimate of drug-likeness (QED) is 0.0834. The highest BCUT2D eigenvalue weighted by Crippen LogP contribution is 2.62. The molecule has 0 radical (unpaired) electrons. The molecule has 0 spiro atoms. The summed E-state index contributed by atoms with van der Waals surface area (Å²) in [5, 5.41) is 2.19. The molecule has 1 aliphatic carbocycles. The van der Waals surface area contributed by atoms with Crippen LogP contribution in [0, 0.1) is 6.92 Å². The van der Waals surface area contributed by atoms with Crippen molar-refractivity contribution in [1.29, 1.82) is 0 Å². The number of fused-ring (bicyclic) bond motifs is 7. The van der Waals surface area contributed by atoms with Gasteiger partial charge in [-0.1, -0.05) is 358 Å². The van der Waals surface area contributed by atoms with Crippen LogP contribution in [0.2, 0.25) is 0 Å². The summed E-state index contributed by atoms with van der Waals surface area (Å²) in [7, 11) is 0. The van der Waals surface area contributed by atoms with E-state index in [9.17, 15) is 0 Å². The third-order valence-electron chi connectivity index (χ3n) is 26.3. The molecule has 1 heterocycles. The second-order valence-corrected chi connectivity index (χ2v) is 34.3. The van der Waals surface area contributed by atoms with Crippen molar-refractivity contribution >= 4 is 21.9 Å². The fourth-order valence-electron chi connectivity index (χ4n) is 20.1. The van der Waals surface area contributed by atoms with Crippen molar-refractivity contribution in [1.82, 2.24) is 0 Å². The van der Waals surface area contributed by atoms with Crippen molar-refractivity contribution in [3.8, 4) is 189 Å². The van der Waals surface area contributed by atoms with Crippen molar-refractivity contribution in [3.05, 3.63) is 531 Å². The van der Waals surface area contributed by atoms with Crippen LogP contribution in [0.4, 0.5) is 0 Å². The summed E-state index contributed by atoms with van der Waals surface area (Å²) in [6.45, 7) is 2.31. The molecule has 1 aliphatic rings. The SMILES string of the molecule is Cc1cccc2c1-c1c(ccc3oc4ccccc4c13)C2(c1cc(-c2cccc(-c3cc(-c4ccccc4)cc(-c4ccccc4)c3)c2)cc(-c2cccc(-c3cc(-c4ccccc4)cc(-c4ccccc4)c3)c2)c1)c1cc(-c2cccc(-c3cc(-c4ccccc4)cc(-c4ccccc4)c3)c2)cc(-c2cccc(-c3cc(-c4ccccc4)cc(-c4ccccc4)c3)c2)c1. The third kappa shape index (κ3) is 14.7. The molecule has 1 nitrogen and oxygen atoms in total. The zero-order valence-electron chi connectivity index (χ0n) is 71.3. The first-order valence-electron chi connectivity index (χ1n) is 44.6. The number of hydrogen-bond donors (Lipinski definition) is 0. The second kappa shape index (κ2) is 33.2. The van der Waals surface area contributed by atoms with Crippen LogP contribution >= 0.6 is 0 Å². The van der Waals surface area contributed by atoms with Crippen molar-refractivity contribution in [2.75, 3.05) is 0 Å². The van der Waals surface area contributed by atoms with Gasteiger partial charge in [0, 0.05) is 10.8 Å². The van der Waals surface area contributed by atoms with E-state index in [2.05, 4.69) is 510 Å². The van der Waals surface area contributed by atoms with Gasteiger partial charge >= 0.3 is 0 Å². The van der Waals surface area contributed by atoms with Gasteiger partial charge in [0.1, 0.15) is 11.2 Å². The molecule has 0 atom stereocenters. The highest BCUT2D eigenvalue weighted by molar-refractivity contribution is 6.16. The van der Waals surface area contributed by atoms with E-state index in [4.69, 9.17) is 4.42 Å². The first kappa shape index (κ1) is 77.2. The van der Waals surface area contributed by atoms with Crippen LogP contribution in [0.5, 0.6) is 0 Å². The van der Waals surface area contributed by atoms with Crippen LogP contribution in [0.15, 0.2) is 508 Å². The third-order valence-corrected chi connectivity index (χ3v) is 26.3. The number of hydrogen-bond acceptors (Lipinski definition) is 1. The van der Waals surface area contributed by atoms with Gasteiger partial charge in [0.05, 0.1) is 5.41 Å². The lowest BCUT2D eigenvalue weighted by atomic mass is 9.66. The molecule has 0 unspecified atom stereocenters. The monoisotopic (exact) mass is 1640 g/mol. The lowest BCUT2D eigenvalue weighted by Crippen LogP contribution is -2.29. The molecule has 129 heavy (non-hydrogen) atoms. The minimum Gasteiger partial charge on any atom is -0.456 e. The zero-order valence-corrected chi connectivity index (χ0v) is 71.3. The standard InChI is InChI=1S/C128H86O/c1-85-33-28-59-121-125(85)127-122(61-62-124-126(127)120-58-26-27-60-123(120)129-124)128(121,118-81-114(98-54-29-50-94(63-98)110-71-102(86-34-10-2-11-35-86)67-103(72-110)87-36-12-3-13-37-87)79-115(82-118)99-55-30-51-95(64-99)111-73-104(88-38-14-4-15-39-88)68-105(74-111)89-40-16-5-17-41-89)119-83-116(100-56-31-52-96(65-100)112-75-106(90-42-18-6-19-43-90)69-107(76-112)91-44-20-7-21-45-91)80-117(84-119)101-57-32-53-97(66-101)113-77-108(92-46-22-8-23-47-92)70-109(78-113)93-48-24-9-25-49-93/h2-84H,1H3. The fraction of sp³-hybridized carbons (Fsp3) is 0.0156. The molecule has 0 bridgehead atoms. The predicted octanol–water partition coefficient (Wildman–Crippen LogP) is 34.9. The topological polar surface area (TPSA) is 13.1 Å². The van der Waals surface area contributed by atoms with Crippen molar-refractivity contribution in [3.63, 3.8) is 0 Å². The molecule has 0 saturated carbocycles. The molecule has 0 saturated heterocycles. The van der Waals surface area contributed by atoms with Crippen LogP contribution in [0.25, 0.3) is 211 Å². The van der Waals surface area contributed by atoms with E-state index < -0.39 is 5.41 Å². The summed E-state index contributed by atoms with van der Waals surface area (Å²) in [5.74, 6) is 0. The van der Waals surface area contributed by atoms with E-state index in [1.54, 1.807) is 0 Å². The van der Waals surface area contributed by atoms with Gasteiger partial charge < -0.3 is 4.42 Å². The number of rotatable bonds is 18. The molecule has 23 rings (SSSR count). The van der Waals surface area contributed by atoms with E-state index in [-0.39, 0.29) is 0 Å². The van der Waals surface area contributed by atoms with Crippen molar-refractivity contribution in [2.45, 2.75) is 12.3 Å². The Morgan fingerprint density at radius 3 is 0.612 bits per heavy atom. The lowest BCUT2D eigenvalue weighted by Gasteiger charge is -2.35. The Balaban J connectivity index is 0.808. The van der Waals surface area contributed by atoms with E-state index in [1.165, 1.54) is 72.3 Å². The van der Waals surface area contributed by atoms with Gasteiger partial charge in [-0.3, -0.25) is 0 Å². The Kier molecular flexibility index (Phi) is 19.9. The van der Waals surface area contributed by atoms with E-state index in [1.807, 2.05) is 0 Å². The summed E-state index contributed by atoms with van der Waals surface area (Å²) in [5.41, 5.74) is 45.2. The Bertz CT molecular complexity index is 6990. The predicted molar refractivity (Wildman–Crippen MR) is 543 cm³/mol. The summed E-state index contributed by atoms with van der Waals surface area (Å²) in [6, 6.07) is 188. The Hall–Kier alpha value is -16.6.